The van der Waals surface area contributed by atoms with E-state index < -0.39 is 10.2 Å². The molecule has 0 unspecified atom stereocenters. The van der Waals surface area contributed by atoms with Gasteiger partial charge < -0.3 is 4.74 Å². The molecule has 2 rings (SSSR count). The smallest absolute Gasteiger partial charge is 0.316 e. The predicted octanol–water partition coefficient (Wildman–Crippen LogP) is 1.22. The first-order valence-corrected chi connectivity index (χ1v) is 8.52. The zero-order valence-corrected chi connectivity index (χ0v) is 13.6. The fourth-order valence-corrected chi connectivity index (χ4v) is 3.09. The summed E-state index contributed by atoms with van der Waals surface area (Å²) in [7, 11) is -0.358. The summed E-state index contributed by atoms with van der Waals surface area (Å²) in [5.74, 6) is 0. The van der Waals surface area contributed by atoms with Crippen LogP contribution in [0.15, 0.2) is 12.4 Å². The maximum Gasteiger partial charge on any atom is 0.316 e. The van der Waals surface area contributed by atoms with Gasteiger partial charge in [-0.05, 0) is 25.7 Å². The Kier molecular flexibility index (Phi) is 5.37. The van der Waals surface area contributed by atoms with Crippen LogP contribution < -0.4 is 9.46 Å². The molecule has 1 N–H and O–H groups in total. The molecule has 0 aliphatic heterocycles. The zero-order chi connectivity index (χ0) is 15.5. The van der Waals surface area contributed by atoms with E-state index in [0.29, 0.717) is 11.0 Å². The highest BCUT2D eigenvalue weighted by Crippen LogP contribution is 2.23. The molecule has 1 aromatic rings. The van der Waals surface area contributed by atoms with Crippen molar-refractivity contribution in [3.05, 3.63) is 17.4 Å². The minimum Gasteiger partial charge on any atom is -0.460 e. The van der Waals surface area contributed by atoms with Gasteiger partial charge in [0.2, 0.25) is 0 Å². The average molecular weight is 335 g/mol. The quantitative estimate of drug-likeness (QED) is 0.875. The average Bonchev–Trinajstić information content (AvgIpc) is 2.43. The summed E-state index contributed by atoms with van der Waals surface area (Å²) >= 11 is 5.71. The van der Waals surface area contributed by atoms with Crippen LogP contribution in [0, 0.1) is 0 Å². The number of nitrogens with zero attached hydrogens (tertiary/aromatic N) is 3. The first kappa shape index (κ1) is 16.4. The van der Waals surface area contributed by atoms with E-state index in [4.69, 9.17) is 16.3 Å². The zero-order valence-electron chi connectivity index (χ0n) is 12.0. The third kappa shape index (κ3) is 4.77. The molecule has 1 saturated carbocycles. The maximum atomic E-state index is 11.8. The summed E-state index contributed by atoms with van der Waals surface area (Å²) < 4.78 is 33.0. The van der Waals surface area contributed by atoms with E-state index in [-0.39, 0.29) is 12.1 Å². The molecule has 1 heterocycles. The molecule has 0 bridgehead atoms. The lowest BCUT2D eigenvalue weighted by atomic mass is 9.94. The van der Waals surface area contributed by atoms with Crippen LogP contribution in [0.25, 0.3) is 0 Å². The second-order valence-electron chi connectivity index (χ2n) is 5.18. The Hall–Kier alpha value is -0.960. The number of rotatable bonds is 5. The van der Waals surface area contributed by atoms with Crippen LogP contribution in [0.1, 0.15) is 25.7 Å². The van der Waals surface area contributed by atoms with Crippen molar-refractivity contribution in [2.75, 3.05) is 14.1 Å². The van der Waals surface area contributed by atoms with Crippen molar-refractivity contribution in [3.63, 3.8) is 0 Å². The predicted molar refractivity (Wildman–Crippen MR) is 79.5 cm³/mol. The van der Waals surface area contributed by atoms with E-state index in [0.717, 1.165) is 25.7 Å². The highest BCUT2D eigenvalue weighted by Gasteiger charge is 2.27. The largest absolute Gasteiger partial charge is 0.460 e. The summed E-state index contributed by atoms with van der Waals surface area (Å²) in [5, 5.41) is 0.462. The molecular formula is C12H19ClN4O3S. The fourth-order valence-electron chi connectivity index (χ4n) is 2.12. The Morgan fingerprint density at radius 2 is 1.81 bits per heavy atom. The van der Waals surface area contributed by atoms with Crippen molar-refractivity contribution in [1.82, 2.24) is 19.0 Å². The van der Waals surface area contributed by atoms with Crippen molar-refractivity contribution < 1.29 is 13.2 Å². The fraction of sp³-hybridized carbons (Fsp3) is 0.667. The van der Waals surface area contributed by atoms with Gasteiger partial charge in [0.25, 0.3) is 10.2 Å². The molecule has 1 aliphatic carbocycles. The SMILES string of the molecule is CN(C)S(=O)(=O)NC1CCC(Oc2ncc(Cl)cn2)CC1. The first-order chi connectivity index (χ1) is 9.87. The van der Waals surface area contributed by atoms with Gasteiger partial charge in [0.1, 0.15) is 6.10 Å². The van der Waals surface area contributed by atoms with Gasteiger partial charge in [0.05, 0.1) is 17.4 Å². The van der Waals surface area contributed by atoms with Gasteiger partial charge >= 0.3 is 6.01 Å². The Balaban J connectivity index is 1.82. The molecule has 0 amide bonds. The molecule has 1 aliphatic rings. The standard InChI is InChI=1S/C12H19ClN4O3S/c1-17(2)21(18,19)16-10-3-5-11(6-4-10)20-12-14-7-9(13)8-15-12/h7-8,10-11,16H,3-6H2,1-2H3. The van der Waals surface area contributed by atoms with Gasteiger partial charge in [-0.2, -0.15) is 17.4 Å². The summed E-state index contributed by atoms with van der Waals surface area (Å²) in [5.41, 5.74) is 0. The summed E-state index contributed by atoms with van der Waals surface area (Å²) in [4.78, 5) is 7.98. The van der Waals surface area contributed by atoms with E-state index in [1.54, 1.807) is 0 Å². The Morgan fingerprint density at radius 3 is 2.33 bits per heavy atom. The van der Waals surface area contributed by atoms with E-state index >= 15 is 0 Å². The number of aromatic nitrogens is 2. The minimum atomic E-state index is -3.38. The van der Waals surface area contributed by atoms with Crippen molar-refractivity contribution in [3.8, 4) is 6.01 Å². The third-order valence-electron chi connectivity index (χ3n) is 3.34. The van der Waals surface area contributed by atoms with Gasteiger partial charge in [-0.3, -0.25) is 0 Å². The molecule has 0 spiro atoms. The van der Waals surface area contributed by atoms with Crippen LogP contribution in [0.4, 0.5) is 0 Å². The molecule has 0 saturated heterocycles. The third-order valence-corrected chi connectivity index (χ3v) is 5.13. The van der Waals surface area contributed by atoms with E-state index in [1.807, 2.05) is 0 Å². The highest BCUT2D eigenvalue weighted by atomic mass is 35.5. The van der Waals surface area contributed by atoms with Crippen molar-refractivity contribution in [1.29, 1.82) is 0 Å². The highest BCUT2D eigenvalue weighted by molar-refractivity contribution is 7.87. The molecule has 21 heavy (non-hydrogen) atoms. The minimum absolute atomic E-state index is 0.00582. The molecule has 1 aromatic heterocycles. The van der Waals surface area contributed by atoms with Gasteiger partial charge in [-0.25, -0.2) is 9.97 Å². The molecule has 9 heteroatoms. The topological polar surface area (TPSA) is 84.4 Å². The van der Waals surface area contributed by atoms with E-state index in [1.165, 1.54) is 30.8 Å². The van der Waals surface area contributed by atoms with Gasteiger partial charge in [-0.15, -0.1) is 0 Å². The van der Waals surface area contributed by atoms with Gasteiger partial charge in [-0.1, -0.05) is 11.6 Å². The van der Waals surface area contributed by atoms with Crippen LogP contribution >= 0.6 is 11.6 Å². The number of ether oxygens (including phenoxy) is 1. The van der Waals surface area contributed by atoms with Crippen molar-refractivity contribution >= 4 is 21.8 Å². The van der Waals surface area contributed by atoms with E-state index in [9.17, 15) is 8.42 Å². The van der Waals surface area contributed by atoms with Crippen LogP contribution in [0.5, 0.6) is 6.01 Å². The second-order valence-corrected chi connectivity index (χ2v) is 7.53. The molecule has 118 valence electrons. The lowest BCUT2D eigenvalue weighted by Gasteiger charge is -2.29. The lowest BCUT2D eigenvalue weighted by Crippen LogP contribution is -2.44. The first-order valence-electron chi connectivity index (χ1n) is 6.71. The normalized spacial score (nSPS) is 23.2. The number of halogens is 1. The van der Waals surface area contributed by atoms with Gasteiger partial charge in [0, 0.05) is 20.1 Å². The summed E-state index contributed by atoms with van der Waals surface area (Å²) in [6.45, 7) is 0. The molecule has 7 nitrogen and oxygen atoms in total. The van der Waals surface area contributed by atoms with Crippen LogP contribution in [0.3, 0.4) is 0 Å². The maximum absolute atomic E-state index is 11.8. The molecule has 0 radical (unpaired) electrons. The van der Waals surface area contributed by atoms with Crippen LogP contribution in [0.2, 0.25) is 5.02 Å². The summed E-state index contributed by atoms with van der Waals surface area (Å²) in [6.07, 6.45) is 5.95. The van der Waals surface area contributed by atoms with Crippen molar-refractivity contribution in [2.45, 2.75) is 37.8 Å². The Morgan fingerprint density at radius 1 is 1.24 bits per heavy atom. The van der Waals surface area contributed by atoms with E-state index in [2.05, 4.69) is 14.7 Å². The summed E-state index contributed by atoms with van der Waals surface area (Å²) in [6, 6.07) is 0.250. The number of hydrogen-bond acceptors (Lipinski definition) is 5. The molecule has 1 fully saturated rings. The molecule has 0 aromatic carbocycles. The molecular weight excluding hydrogens is 316 g/mol. The lowest BCUT2D eigenvalue weighted by molar-refractivity contribution is 0.132. The van der Waals surface area contributed by atoms with Crippen LogP contribution in [-0.2, 0) is 10.2 Å². The Bertz CT molecular complexity index is 556. The molecule has 0 atom stereocenters. The van der Waals surface area contributed by atoms with Crippen LogP contribution in [-0.4, -0.2) is 48.9 Å². The second kappa shape index (κ2) is 6.87. The number of nitrogens with one attached hydrogen (secondary N) is 1. The van der Waals surface area contributed by atoms with Crippen molar-refractivity contribution in [2.24, 2.45) is 0 Å². The monoisotopic (exact) mass is 334 g/mol. The Labute approximate surface area is 129 Å². The van der Waals surface area contributed by atoms with Gasteiger partial charge in [0.15, 0.2) is 0 Å². The number of hydrogen-bond donors (Lipinski definition) is 1.